The second-order valence-corrected chi connectivity index (χ2v) is 9.94. The molecule has 9 heteroatoms. The van der Waals surface area contributed by atoms with Gasteiger partial charge in [0.25, 0.3) is 11.5 Å². The number of carbonyl (C=O) groups is 2. The number of benzene rings is 2. The van der Waals surface area contributed by atoms with Gasteiger partial charge in [-0.25, -0.2) is 9.78 Å². The molecular weight excluding hydrogens is 470 g/mol. The zero-order valence-electron chi connectivity index (χ0n) is 20.8. The maximum absolute atomic E-state index is 13.3. The SMILES string of the molecule is Cc1ccc(C(=O)NC2CC2)cc1-n1ccnc(Nc2ccc(CC3CCN(C(=O)O)CC3)cc2)c1=O. The summed E-state index contributed by atoms with van der Waals surface area (Å²) in [6.07, 6.45) is 6.98. The molecule has 2 aromatic carbocycles. The van der Waals surface area contributed by atoms with Crippen LogP contribution < -0.4 is 16.2 Å². The van der Waals surface area contributed by atoms with Crippen molar-refractivity contribution in [1.82, 2.24) is 19.8 Å². The van der Waals surface area contributed by atoms with Gasteiger partial charge in [-0.05, 0) is 80.3 Å². The number of aromatic nitrogens is 2. The van der Waals surface area contributed by atoms with E-state index in [0.29, 0.717) is 30.3 Å². The minimum absolute atomic E-state index is 0.128. The fourth-order valence-electron chi connectivity index (χ4n) is 4.72. The minimum atomic E-state index is -0.843. The van der Waals surface area contributed by atoms with Crippen LogP contribution in [0.15, 0.2) is 59.7 Å². The molecular formula is C28H31N5O4. The average molecular weight is 502 g/mol. The predicted molar refractivity (Wildman–Crippen MR) is 141 cm³/mol. The lowest BCUT2D eigenvalue weighted by atomic mass is 9.90. The summed E-state index contributed by atoms with van der Waals surface area (Å²) in [4.78, 5) is 42.7. The third-order valence-corrected chi connectivity index (χ3v) is 7.11. The van der Waals surface area contributed by atoms with Gasteiger partial charge in [0.2, 0.25) is 0 Å². The summed E-state index contributed by atoms with van der Waals surface area (Å²) in [6, 6.07) is 13.5. The quantitative estimate of drug-likeness (QED) is 0.449. The number of carboxylic acid groups (broad SMARTS) is 1. The summed E-state index contributed by atoms with van der Waals surface area (Å²) >= 11 is 0. The molecule has 1 aromatic heterocycles. The van der Waals surface area contributed by atoms with Gasteiger partial charge < -0.3 is 20.6 Å². The Hall–Kier alpha value is -4.14. The summed E-state index contributed by atoms with van der Waals surface area (Å²) in [6.45, 7) is 3.07. The molecule has 1 saturated carbocycles. The maximum Gasteiger partial charge on any atom is 0.407 e. The Bertz CT molecular complexity index is 1360. The van der Waals surface area contributed by atoms with Crippen molar-refractivity contribution >= 4 is 23.5 Å². The first kappa shape index (κ1) is 24.5. The monoisotopic (exact) mass is 501 g/mol. The first-order valence-corrected chi connectivity index (χ1v) is 12.7. The molecule has 2 amide bonds. The average Bonchev–Trinajstić information content (AvgIpc) is 3.71. The van der Waals surface area contributed by atoms with E-state index < -0.39 is 6.09 Å². The van der Waals surface area contributed by atoms with Gasteiger partial charge in [-0.3, -0.25) is 14.2 Å². The first-order valence-electron chi connectivity index (χ1n) is 12.7. The third kappa shape index (κ3) is 5.82. The smallest absolute Gasteiger partial charge is 0.407 e. The van der Waals surface area contributed by atoms with Gasteiger partial charge in [-0.2, -0.15) is 0 Å². The summed E-state index contributed by atoms with van der Waals surface area (Å²) < 4.78 is 1.51. The van der Waals surface area contributed by atoms with Gasteiger partial charge in [0, 0.05) is 42.8 Å². The van der Waals surface area contributed by atoms with Gasteiger partial charge in [-0.1, -0.05) is 18.2 Å². The second-order valence-electron chi connectivity index (χ2n) is 9.94. The van der Waals surface area contributed by atoms with Crippen LogP contribution in [-0.2, 0) is 6.42 Å². The summed E-state index contributed by atoms with van der Waals surface area (Å²) in [5, 5.41) is 15.2. The van der Waals surface area contributed by atoms with Gasteiger partial charge in [-0.15, -0.1) is 0 Å². The van der Waals surface area contributed by atoms with Crippen LogP contribution in [0.5, 0.6) is 0 Å². The van der Waals surface area contributed by atoms with E-state index in [1.54, 1.807) is 24.5 Å². The number of carbonyl (C=O) groups excluding carboxylic acids is 1. The fraction of sp³-hybridized carbons (Fsp3) is 0.357. The highest BCUT2D eigenvalue weighted by molar-refractivity contribution is 5.95. The maximum atomic E-state index is 13.3. The zero-order chi connectivity index (χ0) is 25.9. The van der Waals surface area contributed by atoms with Crippen LogP contribution in [0.3, 0.4) is 0 Å². The van der Waals surface area contributed by atoms with Crippen molar-refractivity contribution in [3.05, 3.63) is 81.9 Å². The van der Waals surface area contributed by atoms with Crippen molar-refractivity contribution < 1.29 is 14.7 Å². The molecule has 2 heterocycles. The molecule has 0 atom stereocenters. The molecule has 3 aromatic rings. The number of hydrogen-bond acceptors (Lipinski definition) is 5. The lowest BCUT2D eigenvalue weighted by Gasteiger charge is -2.30. The van der Waals surface area contributed by atoms with Gasteiger partial charge >= 0.3 is 6.09 Å². The Balaban J connectivity index is 1.28. The second kappa shape index (κ2) is 10.5. The standard InChI is InChI=1S/C28H31N5O4/c1-18-2-5-21(26(34)31-23-8-9-23)17-24(18)33-15-12-29-25(27(33)35)30-22-6-3-19(4-7-22)16-20-10-13-32(14-11-20)28(36)37/h2-7,12,15,17,20,23H,8-11,13-14,16H2,1H3,(H,29,30)(H,31,34)(H,36,37). The van der Waals surface area contributed by atoms with E-state index >= 15 is 0 Å². The normalized spacial score (nSPS) is 15.9. The molecule has 5 rings (SSSR count). The number of piperidine rings is 1. The molecule has 9 nitrogen and oxygen atoms in total. The molecule has 1 saturated heterocycles. The molecule has 0 bridgehead atoms. The van der Waals surface area contributed by atoms with Crippen molar-refractivity contribution in [2.75, 3.05) is 18.4 Å². The van der Waals surface area contributed by atoms with Gasteiger partial charge in [0.15, 0.2) is 5.82 Å². The molecule has 1 aliphatic carbocycles. The largest absolute Gasteiger partial charge is 0.465 e. The molecule has 2 fully saturated rings. The Labute approximate surface area is 215 Å². The van der Waals surface area contributed by atoms with Crippen LogP contribution >= 0.6 is 0 Å². The molecule has 0 spiro atoms. The lowest BCUT2D eigenvalue weighted by molar-refractivity contribution is 0.0950. The van der Waals surface area contributed by atoms with Crippen LogP contribution in [0.4, 0.5) is 16.3 Å². The van der Waals surface area contributed by atoms with Crippen LogP contribution in [0, 0.1) is 12.8 Å². The van der Waals surface area contributed by atoms with E-state index in [2.05, 4.69) is 15.6 Å². The summed E-state index contributed by atoms with van der Waals surface area (Å²) in [5.41, 5.74) is 3.66. The van der Waals surface area contributed by atoms with Gasteiger partial charge in [0.05, 0.1) is 5.69 Å². The molecule has 37 heavy (non-hydrogen) atoms. The van der Waals surface area contributed by atoms with E-state index in [1.165, 1.54) is 15.0 Å². The fourth-order valence-corrected chi connectivity index (χ4v) is 4.72. The van der Waals surface area contributed by atoms with Gasteiger partial charge in [0.1, 0.15) is 0 Å². The first-order chi connectivity index (χ1) is 17.9. The molecule has 3 N–H and O–H groups in total. The molecule has 2 aliphatic rings. The Morgan fingerprint density at radius 3 is 2.46 bits per heavy atom. The Kier molecular flexibility index (Phi) is 6.94. The highest BCUT2D eigenvalue weighted by atomic mass is 16.4. The highest BCUT2D eigenvalue weighted by Crippen LogP contribution is 2.24. The zero-order valence-corrected chi connectivity index (χ0v) is 20.8. The molecule has 0 radical (unpaired) electrons. The number of amides is 2. The number of anilines is 2. The van der Waals surface area contributed by atoms with E-state index in [4.69, 9.17) is 5.11 Å². The number of nitrogens with zero attached hydrogens (tertiary/aromatic N) is 3. The third-order valence-electron chi connectivity index (χ3n) is 7.11. The Morgan fingerprint density at radius 1 is 1.05 bits per heavy atom. The number of likely N-dealkylation sites (tertiary alicyclic amines) is 1. The predicted octanol–water partition coefficient (Wildman–Crippen LogP) is 4.11. The summed E-state index contributed by atoms with van der Waals surface area (Å²) in [5.74, 6) is 0.531. The lowest BCUT2D eigenvalue weighted by Crippen LogP contribution is -2.37. The van der Waals surface area contributed by atoms with Crippen molar-refractivity contribution in [1.29, 1.82) is 0 Å². The molecule has 0 unspecified atom stereocenters. The van der Waals surface area contributed by atoms with Crippen LogP contribution in [0.1, 0.15) is 47.2 Å². The van der Waals surface area contributed by atoms with E-state index in [9.17, 15) is 14.4 Å². The van der Waals surface area contributed by atoms with E-state index in [0.717, 1.165) is 43.4 Å². The molecule has 1 aliphatic heterocycles. The van der Waals surface area contributed by atoms with Crippen molar-refractivity contribution in [3.63, 3.8) is 0 Å². The number of nitrogens with one attached hydrogen (secondary N) is 2. The number of hydrogen-bond donors (Lipinski definition) is 3. The number of rotatable bonds is 7. The van der Waals surface area contributed by atoms with E-state index in [-0.39, 0.29) is 23.3 Å². The summed E-state index contributed by atoms with van der Waals surface area (Å²) in [7, 11) is 0. The molecule has 192 valence electrons. The highest BCUT2D eigenvalue weighted by Gasteiger charge is 2.24. The Morgan fingerprint density at radius 2 is 1.78 bits per heavy atom. The van der Waals surface area contributed by atoms with Crippen molar-refractivity contribution in [2.24, 2.45) is 5.92 Å². The van der Waals surface area contributed by atoms with Crippen molar-refractivity contribution in [2.45, 2.75) is 45.1 Å². The minimum Gasteiger partial charge on any atom is -0.465 e. The van der Waals surface area contributed by atoms with Crippen LogP contribution in [0.25, 0.3) is 5.69 Å². The van der Waals surface area contributed by atoms with Crippen molar-refractivity contribution in [3.8, 4) is 5.69 Å². The van der Waals surface area contributed by atoms with E-state index in [1.807, 2.05) is 37.3 Å². The van der Waals surface area contributed by atoms with Crippen LogP contribution in [0.2, 0.25) is 0 Å². The number of aryl methyl sites for hydroxylation is 1. The topological polar surface area (TPSA) is 117 Å². The van der Waals surface area contributed by atoms with Crippen LogP contribution in [-0.4, -0.2) is 50.7 Å².